The average molecular weight is 984 g/mol. The predicted molar refractivity (Wildman–Crippen MR) is 293 cm³/mol. The number of hydrogen-bond donors (Lipinski definition) is 4. The normalized spacial score (nSPS) is 19.5. The second kappa shape index (κ2) is 51.3. The Hall–Kier alpha value is -2.63. The predicted octanol–water partition coefficient (Wildman–Crippen LogP) is 14.9. The van der Waals surface area contributed by atoms with Gasteiger partial charge in [0.2, 0.25) is 0 Å². The van der Waals surface area contributed by atoms with E-state index < -0.39 is 43.4 Å². The van der Waals surface area contributed by atoms with Gasteiger partial charge in [-0.05, 0) is 89.9 Å². The van der Waals surface area contributed by atoms with E-state index in [1.54, 1.807) is 0 Å². The summed E-state index contributed by atoms with van der Waals surface area (Å²) in [6.45, 7) is 4.43. The molecule has 1 fully saturated rings. The van der Waals surface area contributed by atoms with Crippen LogP contribution in [0, 0.1) is 0 Å². The Morgan fingerprint density at radius 2 is 0.871 bits per heavy atom. The number of carbonyl (C=O) groups is 1. The number of aliphatic hydroxyl groups is 4. The van der Waals surface area contributed by atoms with Crippen LogP contribution in [-0.4, -0.2) is 89.6 Å². The SMILES string of the molecule is CC/C=C\C/C=C\C/C=C\C/C=C\CCCCCCCCCCCCCCC(=O)OC(COCCCCCCCCC/C=C\C/C=C\C/C=C\CCCCCCC)COC1OC(CO)C(O)C(O)C1O. The molecule has 0 aliphatic carbocycles. The fourth-order valence-electron chi connectivity index (χ4n) is 8.37. The molecule has 9 nitrogen and oxygen atoms in total. The molecule has 0 saturated carbocycles. The summed E-state index contributed by atoms with van der Waals surface area (Å²) >= 11 is 0. The van der Waals surface area contributed by atoms with Gasteiger partial charge in [-0.2, -0.15) is 0 Å². The molecule has 0 aromatic rings. The zero-order chi connectivity index (χ0) is 50.6. The standard InChI is InChI=1S/C61H106O9/c1-3-5-7-9-11-13-15-17-19-21-23-25-27-28-29-30-32-34-36-38-40-42-44-46-48-50-57(63)69-55(54-68-61-60(66)59(65)58(64)56(52-62)70-61)53-67-51-49-47-45-43-41-39-37-35-33-31-26-24-22-20-18-16-14-12-10-8-6-4-2/h5,7,11,13,16-19,22-25,31,33,55-56,58-62,64-66H,3-4,6,8-10,12,14-15,20-21,26-30,32,34-54H2,1-2H3/b7-5-,13-11-,18-16-,19-17-,24-22-,25-23-,33-31-. The number of hydrogen-bond acceptors (Lipinski definition) is 9. The van der Waals surface area contributed by atoms with E-state index in [0.29, 0.717) is 13.0 Å². The monoisotopic (exact) mass is 983 g/mol. The van der Waals surface area contributed by atoms with Crippen LogP contribution in [-0.2, 0) is 23.7 Å². The third kappa shape index (κ3) is 40.9. The minimum absolute atomic E-state index is 0.122. The minimum Gasteiger partial charge on any atom is -0.457 e. The lowest BCUT2D eigenvalue weighted by molar-refractivity contribution is -0.305. The smallest absolute Gasteiger partial charge is 0.306 e. The summed E-state index contributed by atoms with van der Waals surface area (Å²) < 4.78 is 23.0. The quantitative estimate of drug-likeness (QED) is 0.0267. The summed E-state index contributed by atoms with van der Waals surface area (Å²) in [6.07, 6.45) is 63.4. The zero-order valence-electron chi connectivity index (χ0n) is 44.7. The van der Waals surface area contributed by atoms with Gasteiger partial charge in [-0.1, -0.05) is 221 Å². The zero-order valence-corrected chi connectivity index (χ0v) is 44.7. The number of allylic oxidation sites excluding steroid dienone is 14. The van der Waals surface area contributed by atoms with E-state index in [1.807, 2.05) is 0 Å². The van der Waals surface area contributed by atoms with E-state index in [9.17, 15) is 25.2 Å². The van der Waals surface area contributed by atoms with Crippen molar-refractivity contribution >= 4 is 5.97 Å². The first kappa shape index (κ1) is 65.4. The summed E-state index contributed by atoms with van der Waals surface area (Å²) in [5, 5.41) is 40.4. The Balaban J connectivity index is 2.18. The highest BCUT2D eigenvalue weighted by atomic mass is 16.7. The summed E-state index contributed by atoms with van der Waals surface area (Å²) in [5.41, 5.74) is 0. The van der Waals surface area contributed by atoms with Crippen LogP contribution in [0.5, 0.6) is 0 Å². The third-order valence-corrected chi connectivity index (χ3v) is 12.8. The van der Waals surface area contributed by atoms with Crippen molar-refractivity contribution < 1.29 is 44.2 Å². The molecule has 9 heteroatoms. The van der Waals surface area contributed by atoms with Crippen molar-refractivity contribution in [3.8, 4) is 0 Å². The van der Waals surface area contributed by atoms with Crippen LogP contribution in [0.15, 0.2) is 85.1 Å². The van der Waals surface area contributed by atoms with Crippen LogP contribution in [0.25, 0.3) is 0 Å². The van der Waals surface area contributed by atoms with E-state index in [2.05, 4.69) is 98.9 Å². The molecule has 6 atom stereocenters. The topological polar surface area (TPSA) is 135 Å². The van der Waals surface area contributed by atoms with Gasteiger partial charge in [0.05, 0.1) is 19.8 Å². The summed E-state index contributed by atoms with van der Waals surface area (Å²) in [4.78, 5) is 12.9. The fourth-order valence-corrected chi connectivity index (χ4v) is 8.37. The molecule has 0 radical (unpaired) electrons. The molecule has 1 rings (SSSR count). The maximum atomic E-state index is 12.9. The van der Waals surface area contributed by atoms with Crippen LogP contribution in [0.3, 0.4) is 0 Å². The Labute approximate surface area is 429 Å². The fraction of sp³-hybridized carbons (Fsp3) is 0.754. The highest BCUT2D eigenvalue weighted by Crippen LogP contribution is 2.23. The highest BCUT2D eigenvalue weighted by Gasteiger charge is 2.44. The molecule has 0 spiro atoms. The minimum atomic E-state index is -1.54. The van der Waals surface area contributed by atoms with Crippen molar-refractivity contribution in [1.82, 2.24) is 0 Å². The number of aliphatic hydroxyl groups excluding tert-OH is 4. The van der Waals surface area contributed by atoms with Gasteiger partial charge in [-0.3, -0.25) is 4.79 Å². The third-order valence-electron chi connectivity index (χ3n) is 12.8. The molecule has 1 aliphatic heterocycles. The van der Waals surface area contributed by atoms with E-state index in [-0.39, 0.29) is 19.2 Å². The maximum absolute atomic E-state index is 12.9. The molecule has 6 unspecified atom stereocenters. The van der Waals surface area contributed by atoms with Crippen molar-refractivity contribution in [2.24, 2.45) is 0 Å². The summed E-state index contributed by atoms with van der Waals surface area (Å²) in [7, 11) is 0. The number of ether oxygens (including phenoxy) is 4. The van der Waals surface area contributed by atoms with Crippen LogP contribution < -0.4 is 0 Å². The van der Waals surface area contributed by atoms with E-state index in [4.69, 9.17) is 18.9 Å². The van der Waals surface area contributed by atoms with Gasteiger partial charge < -0.3 is 39.4 Å². The molecular weight excluding hydrogens is 877 g/mol. The maximum Gasteiger partial charge on any atom is 0.306 e. The van der Waals surface area contributed by atoms with Gasteiger partial charge >= 0.3 is 5.97 Å². The van der Waals surface area contributed by atoms with Crippen LogP contribution in [0.1, 0.15) is 232 Å². The molecule has 0 amide bonds. The lowest BCUT2D eigenvalue weighted by atomic mass is 9.99. The summed E-state index contributed by atoms with van der Waals surface area (Å²) in [6, 6.07) is 0. The molecule has 1 saturated heterocycles. The van der Waals surface area contributed by atoms with Crippen molar-refractivity contribution in [2.75, 3.05) is 26.4 Å². The van der Waals surface area contributed by atoms with Crippen molar-refractivity contribution in [3.05, 3.63) is 85.1 Å². The Kier molecular flexibility index (Phi) is 47.9. The first-order valence-corrected chi connectivity index (χ1v) is 28.7. The molecule has 70 heavy (non-hydrogen) atoms. The van der Waals surface area contributed by atoms with Crippen molar-refractivity contribution in [3.63, 3.8) is 0 Å². The molecule has 4 N–H and O–H groups in total. The van der Waals surface area contributed by atoms with Crippen LogP contribution in [0.2, 0.25) is 0 Å². The molecule has 0 aromatic heterocycles. The first-order valence-electron chi connectivity index (χ1n) is 28.7. The van der Waals surface area contributed by atoms with Gasteiger partial charge in [-0.15, -0.1) is 0 Å². The van der Waals surface area contributed by atoms with Gasteiger partial charge in [0.15, 0.2) is 6.29 Å². The molecule has 1 heterocycles. The highest BCUT2D eigenvalue weighted by molar-refractivity contribution is 5.69. The number of carbonyl (C=O) groups excluding carboxylic acids is 1. The Morgan fingerprint density at radius 1 is 0.471 bits per heavy atom. The largest absolute Gasteiger partial charge is 0.457 e. The van der Waals surface area contributed by atoms with Crippen LogP contribution >= 0.6 is 0 Å². The number of unbranched alkanes of at least 4 members (excludes halogenated alkanes) is 24. The van der Waals surface area contributed by atoms with E-state index >= 15 is 0 Å². The second-order valence-corrected chi connectivity index (χ2v) is 19.4. The number of esters is 1. The van der Waals surface area contributed by atoms with E-state index in [0.717, 1.165) is 83.5 Å². The Bertz CT molecular complexity index is 1350. The molecule has 0 aromatic carbocycles. The molecule has 1 aliphatic rings. The molecule has 0 bridgehead atoms. The van der Waals surface area contributed by atoms with Gasteiger partial charge in [0, 0.05) is 13.0 Å². The van der Waals surface area contributed by atoms with E-state index in [1.165, 1.54) is 128 Å². The molecular formula is C61H106O9. The lowest BCUT2D eigenvalue weighted by Gasteiger charge is -2.39. The average Bonchev–Trinajstić information content (AvgIpc) is 3.36. The van der Waals surface area contributed by atoms with Gasteiger partial charge in [-0.25, -0.2) is 0 Å². The summed E-state index contributed by atoms with van der Waals surface area (Å²) in [5.74, 6) is -0.321. The Morgan fingerprint density at radius 3 is 1.31 bits per heavy atom. The first-order chi connectivity index (χ1) is 34.4. The molecule has 404 valence electrons. The van der Waals surface area contributed by atoms with Crippen LogP contribution in [0.4, 0.5) is 0 Å². The lowest BCUT2D eigenvalue weighted by Crippen LogP contribution is -2.59. The van der Waals surface area contributed by atoms with Crippen molar-refractivity contribution in [1.29, 1.82) is 0 Å². The number of rotatable bonds is 49. The van der Waals surface area contributed by atoms with Gasteiger partial charge in [0.1, 0.15) is 30.5 Å². The second-order valence-electron chi connectivity index (χ2n) is 19.4. The van der Waals surface area contributed by atoms with Crippen molar-refractivity contribution in [2.45, 2.75) is 269 Å². The van der Waals surface area contributed by atoms with Gasteiger partial charge in [0.25, 0.3) is 0 Å².